The minimum atomic E-state index is 0.422. The molecule has 17 heavy (non-hydrogen) atoms. The number of ether oxygens (including phenoxy) is 1. The van der Waals surface area contributed by atoms with Crippen LogP contribution in [-0.2, 0) is 4.74 Å². The van der Waals surface area contributed by atoms with Crippen molar-refractivity contribution in [2.45, 2.75) is 30.3 Å². The van der Waals surface area contributed by atoms with Crippen LogP contribution in [0.4, 0.5) is 0 Å². The average molecular weight is 248 g/mol. The fourth-order valence-corrected chi connectivity index (χ4v) is 3.14. The van der Waals surface area contributed by atoms with Crippen LogP contribution in [0, 0.1) is 5.92 Å². The highest BCUT2D eigenvalue weighted by molar-refractivity contribution is 7.99. The van der Waals surface area contributed by atoms with Gasteiger partial charge in [-0.2, -0.15) is 0 Å². The largest absolute Gasteiger partial charge is 0.378 e. The second kappa shape index (κ2) is 6.87. The lowest BCUT2D eigenvalue weighted by Gasteiger charge is -2.28. The average Bonchev–Trinajstić information content (AvgIpc) is 2.40. The van der Waals surface area contributed by atoms with Crippen molar-refractivity contribution < 1.29 is 4.74 Å². The van der Waals surface area contributed by atoms with Gasteiger partial charge < -0.3 is 4.74 Å². The molecular formula is C15H20OS. The van der Waals surface area contributed by atoms with Gasteiger partial charge in [-0.25, -0.2) is 0 Å². The Morgan fingerprint density at radius 1 is 1.29 bits per heavy atom. The van der Waals surface area contributed by atoms with E-state index in [2.05, 4.69) is 36.9 Å². The molecule has 0 N–H and O–H groups in total. The summed E-state index contributed by atoms with van der Waals surface area (Å²) >= 11 is 1.94. The molecular weight excluding hydrogens is 228 g/mol. The SMILES string of the molecule is C=CC[C@H]1CC[C@@H](CSc2ccccc2)CO1. The smallest absolute Gasteiger partial charge is 0.0609 e. The predicted molar refractivity (Wildman–Crippen MR) is 74.4 cm³/mol. The van der Waals surface area contributed by atoms with E-state index in [1.165, 1.54) is 23.5 Å². The van der Waals surface area contributed by atoms with Crippen molar-refractivity contribution in [1.82, 2.24) is 0 Å². The third-order valence-electron chi connectivity index (χ3n) is 3.12. The van der Waals surface area contributed by atoms with Gasteiger partial charge in [-0.3, -0.25) is 0 Å². The topological polar surface area (TPSA) is 9.23 Å². The molecule has 2 rings (SSSR count). The summed E-state index contributed by atoms with van der Waals surface area (Å²) in [4.78, 5) is 1.36. The van der Waals surface area contributed by atoms with Crippen molar-refractivity contribution in [1.29, 1.82) is 0 Å². The molecule has 0 saturated carbocycles. The molecule has 1 aromatic carbocycles. The Morgan fingerprint density at radius 2 is 2.12 bits per heavy atom. The van der Waals surface area contributed by atoms with Crippen LogP contribution in [0.15, 0.2) is 47.9 Å². The van der Waals surface area contributed by atoms with Gasteiger partial charge in [0.2, 0.25) is 0 Å². The first kappa shape index (κ1) is 12.7. The van der Waals surface area contributed by atoms with Crippen molar-refractivity contribution in [2.75, 3.05) is 12.4 Å². The molecule has 0 aromatic heterocycles. The van der Waals surface area contributed by atoms with E-state index in [-0.39, 0.29) is 0 Å². The van der Waals surface area contributed by atoms with Gasteiger partial charge in [-0.15, -0.1) is 18.3 Å². The zero-order chi connectivity index (χ0) is 11.9. The van der Waals surface area contributed by atoms with E-state index in [0.717, 1.165) is 13.0 Å². The van der Waals surface area contributed by atoms with Gasteiger partial charge in [-0.05, 0) is 37.3 Å². The molecule has 0 unspecified atom stereocenters. The molecule has 2 atom stereocenters. The molecule has 0 radical (unpaired) electrons. The quantitative estimate of drug-likeness (QED) is 0.572. The van der Waals surface area contributed by atoms with Crippen LogP contribution in [0.5, 0.6) is 0 Å². The zero-order valence-corrected chi connectivity index (χ0v) is 11.0. The van der Waals surface area contributed by atoms with Crippen LogP contribution in [0.1, 0.15) is 19.3 Å². The summed E-state index contributed by atoms with van der Waals surface area (Å²) in [5.41, 5.74) is 0. The van der Waals surface area contributed by atoms with E-state index < -0.39 is 0 Å². The molecule has 1 aromatic rings. The Hall–Kier alpha value is -0.730. The van der Waals surface area contributed by atoms with Crippen LogP contribution in [0.3, 0.4) is 0 Å². The van der Waals surface area contributed by atoms with Gasteiger partial charge in [0.1, 0.15) is 0 Å². The maximum absolute atomic E-state index is 5.83. The molecule has 1 aliphatic rings. The third kappa shape index (κ3) is 4.21. The van der Waals surface area contributed by atoms with Crippen molar-refractivity contribution in [3.8, 4) is 0 Å². The standard InChI is InChI=1S/C15H20OS/c1-2-6-14-10-9-13(11-16-14)12-17-15-7-4-3-5-8-15/h2-5,7-8,13-14H,1,6,9-12H2/t13-,14+/m1/s1. The lowest BCUT2D eigenvalue weighted by Crippen LogP contribution is -2.26. The molecule has 1 aliphatic heterocycles. The van der Waals surface area contributed by atoms with Crippen molar-refractivity contribution in [3.63, 3.8) is 0 Å². The van der Waals surface area contributed by atoms with Gasteiger partial charge in [0.25, 0.3) is 0 Å². The van der Waals surface area contributed by atoms with Crippen LogP contribution in [0.2, 0.25) is 0 Å². The molecule has 92 valence electrons. The normalized spacial score (nSPS) is 24.5. The molecule has 1 nitrogen and oxygen atoms in total. The summed E-state index contributed by atoms with van der Waals surface area (Å²) in [7, 11) is 0. The van der Waals surface area contributed by atoms with Gasteiger partial charge in [0.15, 0.2) is 0 Å². The Morgan fingerprint density at radius 3 is 2.76 bits per heavy atom. The van der Waals surface area contributed by atoms with E-state index in [1.54, 1.807) is 0 Å². The summed E-state index contributed by atoms with van der Waals surface area (Å²) in [5.74, 6) is 1.88. The molecule has 0 amide bonds. The highest BCUT2D eigenvalue weighted by atomic mass is 32.2. The summed E-state index contributed by atoms with van der Waals surface area (Å²) < 4.78 is 5.83. The van der Waals surface area contributed by atoms with Crippen LogP contribution < -0.4 is 0 Å². The van der Waals surface area contributed by atoms with Crippen molar-refractivity contribution in [2.24, 2.45) is 5.92 Å². The third-order valence-corrected chi connectivity index (χ3v) is 4.37. The summed E-state index contributed by atoms with van der Waals surface area (Å²) in [5, 5.41) is 0. The van der Waals surface area contributed by atoms with Crippen molar-refractivity contribution in [3.05, 3.63) is 43.0 Å². The van der Waals surface area contributed by atoms with Crippen LogP contribution in [-0.4, -0.2) is 18.5 Å². The number of benzene rings is 1. The predicted octanol–water partition coefficient (Wildman–Crippen LogP) is 4.15. The number of rotatable bonds is 5. The first-order valence-corrected chi connectivity index (χ1v) is 7.27. The molecule has 1 heterocycles. The molecule has 0 aliphatic carbocycles. The Balaban J connectivity index is 1.70. The van der Waals surface area contributed by atoms with E-state index in [4.69, 9.17) is 4.74 Å². The van der Waals surface area contributed by atoms with E-state index >= 15 is 0 Å². The second-order valence-corrected chi connectivity index (χ2v) is 5.64. The van der Waals surface area contributed by atoms with Crippen LogP contribution in [0.25, 0.3) is 0 Å². The monoisotopic (exact) mass is 248 g/mol. The first-order valence-electron chi connectivity index (χ1n) is 6.29. The maximum atomic E-state index is 5.83. The first-order chi connectivity index (χ1) is 8.38. The minimum Gasteiger partial charge on any atom is -0.378 e. The number of thioether (sulfide) groups is 1. The fraction of sp³-hybridized carbons (Fsp3) is 0.467. The minimum absolute atomic E-state index is 0.422. The molecule has 0 bridgehead atoms. The van der Waals surface area contributed by atoms with Gasteiger partial charge in [0, 0.05) is 10.6 Å². The van der Waals surface area contributed by atoms with Gasteiger partial charge in [-0.1, -0.05) is 24.3 Å². The Kier molecular flexibility index (Phi) is 5.14. The van der Waals surface area contributed by atoms with Crippen LogP contribution >= 0.6 is 11.8 Å². The fourth-order valence-electron chi connectivity index (χ4n) is 2.09. The Labute approximate surface area is 108 Å². The maximum Gasteiger partial charge on any atom is 0.0609 e. The summed E-state index contributed by atoms with van der Waals surface area (Å²) in [6, 6.07) is 10.6. The van der Waals surface area contributed by atoms with E-state index in [0.29, 0.717) is 12.0 Å². The number of hydrogen-bond donors (Lipinski definition) is 0. The highest BCUT2D eigenvalue weighted by Crippen LogP contribution is 2.27. The lowest BCUT2D eigenvalue weighted by molar-refractivity contribution is -0.00738. The van der Waals surface area contributed by atoms with E-state index in [9.17, 15) is 0 Å². The molecule has 2 heteroatoms. The number of hydrogen-bond acceptors (Lipinski definition) is 2. The zero-order valence-electron chi connectivity index (χ0n) is 10.2. The van der Waals surface area contributed by atoms with E-state index in [1.807, 2.05) is 17.8 Å². The molecule has 1 saturated heterocycles. The summed E-state index contributed by atoms with van der Waals surface area (Å²) in [6.07, 6.45) is 5.86. The Bertz CT molecular complexity index is 328. The van der Waals surface area contributed by atoms with Gasteiger partial charge >= 0.3 is 0 Å². The lowest BCUT2D eigenvalue weighted by atomic mass is 9.99. The second-order valence-electron chi connectivity index (χ2n) is 4.55. The molecule has 0 spiro atoms. The van der Waals surface area contributed by atoms with Gasteiger partial charge in [0.05, 0.1) is 12.7 Å². The molecule has 1 fully saturated rings. The highest BCUT2D eigenvalue weighted by Gasteiger charge is 2.20. The summed E-state index contributed by atoms with van der Waals surface area (Å²) in [6.45, 7) is 4.68. The van der Waals surface area contributed by atoms with Crippen molar-refractivity contribution >= 4 is 11.8 Å².